The second-order valence-corrected chi connectivity index (χ2v) is 7.12. The molecule has 1 heterocycles. The Morgan fingerprint density at radius 1 is 1.21 bits per heavy atom. The molecule has 6 nitrogen and oxygen atoms in total. The average Bonchev–Trinajstić information content (AvgIpc) is 2.68. The number of ketones is 1. The Kier molecular flexibility index (Phi) is 6.28. The van der Waals surface area contributed by atoms with Gasteiger partial charge in [-0.05, 0) is 42.7 Å². The Balaban J connectivity index is 1.95. The number of nitrogens with zero attached hydrogens (tertiary/aromatic N) is 2. The minimum atomic E-state index is -2.74. The van der Waals surface area contributed by atoms with E-state index in [0.29, 0.717) is 17.3 Å². The standard InChI is InChI=1S/C18H14ClF2N3O3S/c19-16-10(2-1-5-24-28(26)27)7-13(20)17(21)15(16)18(25)11-3-4-14-12(6-11)8-22-9-23-14/h3-4,6-9,28H,1-2,5H2,(H,24,26,27). The summed E-state index contributed by atoms with van der Waals surface area (Å²) in [6.45, 7) is 0.113. The number of halogens is 3. The number of rotatable bonds is 7. The number of benzene rings is 2. The molecule has 0 spiro atoms. The third-order valence-corrected chi connectivity index (χ3v) is 5.00. The summed E-state index contributed by atoms with van der Waals surface area (Å²) in [4.78, 5) is 20.7. The fraction of sp³-hybridized carbons (Fsp3) is 0.167. The highest BCUT2D eigenvalue weighted by molar-refractivity contribution is 7.70. The van der Waals surface area contributed by atoms with Crippen molar-refractivity contribution >= 4 is 39.2 Å². The van der Waals surface area contributed by atoms with E-state index in [9.17, 15) is 22.0 Å². The van der Waals surface area contributed by atoms with E-state index in [2.05, 4.69) is 14.7 Å². The summed E-state index contributed by atoms with van der Waals surface area (Å²) in [6.07, 6.45) is 3.33. The molecule has 0 aliphatic carbocycles. The van der Waals surface area contributed by atoms with E-state index in [1.165, 1.54) is 24.7 Å². The molecule has 0 radical (unpaired) electrons. The molecule has 0 aliphatic heterocycles. The molecular formula is C18H14ClF2N3O3S. The molecule has 0 atom stereocenters. The van der Waals surface area contributed by atoms with Gasteiger partial charge in [0.1, 0.15) is 6.33 Å². The van der Waals surface area contributed by atoms with Gasteiger partial charge in [0.25, 0.3) is 0 Å². The van der Waals surface area contributed by atoms with Gasteiger partial charge in [-0.25, -0.2) is 31.9 Å². The molecule has 3 aromatic rings. The highest BCUT2D eigenvalue weighted by Gasteiger charge is 2.24. The van der Waals surface area contributed by atoms with Crippen molar-refractivity contribution in [3.8, 4) is 0 Å². The van der Waals surface area contributed by atoms with Crippen LogP contribution in [0.3, 0.4) is 0 Å². The van der Waals surface area contributed by atoms with Crippen molar-refractivity contribution in [3.63, 3.8) is 0 Å². The molecule has 1 N–H and O–H groups in total. The Morgan fingerprint density at radius 3 is 2.75 bits per heavy atom. The van der Waals surface area contributed by atoms with Gasteiger partial charge in [0.15, 0.2) is 17.4 Å². The van der Waals surface area contributed by atoms with E-state index in [0.717, 1.165) is 6.07 Å². The molecule has 0 fully saturated rings. The van der Waals surface area contributed by atoms with Crippen molar-refractivity contribution in [1.29, 1.82) is 0 Å². The maximum atomic E-state index is 14.4. The number of aromatic nitrogens is 2. The lowest BCUT2D eigenvalue weighted by Gasteiger charge is -2.12. The molecule has 28 heavy (non-hydrogen) atoms. The first-order valence-corrected chi connectivity index (χ1v) is 9.72. The second kappa shape index (κ2) is 8.68. The Morgan fingerprint density at radius 2 is 2.00 bits per heavy atom. The van der Waals surface area contributed by atoms with Crippen LogP contribution in [0.25, 0.3) is 10.9 Å². The smallest absolute Gasteiger partial charge is 0.201 e. The fourth-order valence-corrected chi connectivity index (χ4v) is 3.42. The van der Waals surface area contributed by atoms with Crippen LogP contribution >= 0.6 is 11.6 Å². The maximum absolute atomic E-state index is 14.4. The van der Waals surface area contributed by atoms with Crippen LogP contribution in [0.2, 0.25) is 5.02 Å². The number of aryl methyl sites for hydroxylation is 1. The van der Waals surface area contributed by atoms with Crippen LogP contribution in [-0.2, 0) is 17.3 Å². The number of fused-ring (bicyclic) bond motifs is 1. The van der Waals surface area contributed by atoms with Crippen LogP contribution in [-0.4, -0.2) is 30.7 Å². The van der Waals surface area contributed by atoms with Crippen LogP contribution in [0, 0.1) is 11.6 Å². The quantitative estimate of drug-likeness (QED) is 0.263. The lowest BCUT2D eigenvalue weighted by molar-refractivity contribution is 0.103. The van der Waals surface area contributed by atoms with Gasteiger partial charge in [0, 0.05) is 23.7 Å². The predicted molar refractivity (Wildman–Crippen MR) is 101 cm³/mol. The first-order chi connectivity index (χ1) is 13.4. The molecular weight excluding hydrogens is 412 g/mol. The largest absolute Gasteiger partial charge is 0.288 e. The van der Waals surface area contributed by atoms with Gasteiger partial charge in [-0.3, -0.25) is 4.79 Å². The number of nitrogens with one attached hydrogen (secondary N) is 1. The third-order valence-electron chi connectivity index (χ3n) is 4.09. The number of hydrogen-bond acceptors (Lipinski definition) is 5. The van der Waals surface area contributed by atoms with Gasteiger partial charge < -0.3 is 0 Å². The molecule has 3 rings (SSSR count). The van der Waals surface area contributed by atoms with Crippen LogP contribution in [0.5, 0.6) is 0 Å². The zero-order valence-electron chi connectivity index (χ0n) is 14.3. The Bertz CT molecular complexity index is 1130. The predicted octanol–water partition coefficient (Wildman–Crippen LogP) is 2.84. The molecule has 0 saturated heterocycles. The summed E-state index contributed by atoms with van der Waals surface area (Å²) < 4.78 is 51.7. The van der Waals surface area contributed by atoms with E-state index < -0.39 is 33.9 Å². The van der Waals surface area contributed by atoms with E-state index in [-0.39, 0.29) is 29.1 Å². The molecule has 0 saturated carbocycles. The van der Waals surface area contributed by atoms with E-state index in [4.69, 9.17) is 11.6 Å². The molecule has 0 amide bonds. The molecule has 2 aromatic carbocycles. The van der Waals surface area contributed by atoms with Gasteiger partial charge in [-0.15, -0.1) is 0 Å². The first-order valence-electron chi connectivity index (χ1n) is 8.17. The van der Waals surface area contributed by atoms with Crippen molar-refractivity contribution in [3.05, 3.63) is 70.1 Å². The summed E-state index contributed by atoms with van der Waals surface area (Å²) in [5.41, 5.74) is 0.374. The average molecular weight is 426 g/mol. The van der Waals surface area contributed by atoms with Crippen molar-refractivity contribution in [2.75, 3.05) is 6.54 Å². The summed E-state index contributed by atoms with van der Waals surface area (Å²) in [6, 6.07) is 5.42. The van der Waals surface area contributed by atoms with E-state index >= 15 is 0 Å². The topological polar surface area (TPSA) is 89.0 Å². The summed E-state index contributed by atoms with van der Waals surface area (Å²) in [7, 11) is -2.74. The SMILES string of the molecule is O=C(c1ccc2ncncc2c1)c1c(F)c(F)cc(CCCN[SH](=O)=O)c1Cl. The monoisotopic (exact) mass is 425 g/mol. The second-order valence-electron chi connectivity index (χ2n) is 5.91. The maximum Gasteiger partial charge on any atom is 0.201 e. The van der Waals surface area contributed by atoms with E-state index in [1.807, 2.05) is 0 Å². The zero-order valence-corrected chi connectivity index (χ0v) is 15.9. The molecule has 0 unspecified atom stereocenters. The van der Waals surface area contributed by atoms with Crippen molar-refractivity contribution in [2.24, 2.45) is 0 Å². The molecule has 10 heteroatoms. The highest BCUT2D eigenvalue weighted by Crippen LogP contribution is 2.30. The lowest BCUT2D eigenvalue weighted by Crippen LogP contribution is -2.14. The molecule has 146 valence electrons. The van der Waals surface area contributed by atoms with E-state index in [1.54, 1.807) is 6.07 Å². The van der Waals surface area contributed by atoms with Crippen LogP contribution < -0.4 is 4.72 Å². The fourth-order valence-electron chi connectivity index (χ4n) is 2.76. The minimum absolute atomic E-state index is 0.113. The lowest BCUT2D eigenvalue weighted by atomic mass is 9.97. The van der Waals surface area contributed by atoms with Gasteiger partial charge in [-0.1, -0.05) is 11.6 Å². The number of carbonyl (C=O) groups excluding carboxylic acids is 1. The summed E-state index contributed by atoms with van der Waals surface area (Å²) in [5, 5.41) is 0.374. The number of thiol groups is 1. The van der Waals surface area contributed by atoms with Crippen LogP contribution in [0.4, 0.5) is 8.78 Å². The summed E-state index contributed by atoms with van der Waals surface area (Å²) >= 11 is 6.20. The minimum Gasteiger partial charge on any atom is -0.288 e. The highest BCUT2D eigenvalue weighted by atomic mass is 35.5. The molecule has 0 aliphatic rings. The summed E-state index contributed by atoms with van der Waals surface area (Å²) in [5.74, 6) is -3.30. The van der Waals surface area contributed by atoms with Crippen molar-refractivity contribution in [2.45, 2.75) is 12.8 Å². The first kappa shape index (κ1) is 20.2. The normalized spacial score (nSPS) is 11.3. The van der Waals surface area contributed by atoms with Gasteiger partial charge in [0.05, 0.1) is 16.1 Å². The van der Waals surface area contributed by atoms with Crippen molar-refractivity contribution in [1.82, 2.24) is 14.7 Å². The van der Waals surface area contributed by atoms with Gasteiger partial charge in [0.2, 0.25) is 10.9 Å². The van der Waals surface area contributed by atoms with Gasteiger partial charge in [-0.2, -0.15) is 0 Å². The third kappa shape index (κ3) is 4.32. The Hall–Kier alpha value is -2.49. The van der Waals surface area contributed by atoms with Gasteiger partial charge >= 0.3 is 0 Å². The van der Waals surface area contributed by atoms with Crippen LogP contribution in [0.15, 0.2) is 36.8 Å². The molecule has 1 aromatic heterocycles. The Labute approximate surface area is 165 Å². The number of carbonyl (C=O) groups is 1. The number of hydrogen-bond donors (Lipinski definition) is 2. The zero-order chi connectivity index (χ0) is 20.3. The molecule has 0 bridgehead atoms. The van der Waals surface area contributed by atoms with Crippen molar-refractivity contribution < 1.29 is 22.0 Å². The van der Waals surface area contributed by atoms with Crippen LogP contribution in [0.1, 0.15) is 27.9 Å².